The van der Waals surface area contributed by atoms with Crippen LogP contribution in [0.15, 0.2) is 12.5 Å². The van der Waals surface area contributed by atoms with E-state index >= 15 is 0 Å². The van der Waals surface area contributed by atoms with Crippen LogP contribution in [0, 0.1) is 11.8 Å². The summed E-state index contributed by atoms with van der Waals surface area (Å²) in [6.45, 7) is 6.55. The normalized spacial score (nSPS) is 10.9. The molecule has 0 aliphatic carbocycles. The molecule has 0 unspecified atom stereocenters. The van der Waals surface area contributed by atoms with Gasteiger partial charge in [0, 0.05) is 23.9 Å². The highest BCUT2D eigenvalue weighted by Crippen LogP contribution is 2.09. The van der Waals surface area contributed by atoms with E-state index in [0.717, 1.165) is 12.1 Å². The molecule has 1 rings (SSSR count). The van der Waals surface area contributed by atoms with Gasteiger partial charge in [-0.2, -0.15) is 0 Å². The van der Waals surface area contributed by atoms with Crippen molar-refractivity contribution in [2.45, 2.75) is 39.3 Å². The van der Waals surface area contributed by atoms with Crippen molar-refractivity contribution < 1.29 is 0 Å². The van der Waals surface area contributed by atoms with Gasteiger partial charge in [-0.3, -0.25) is 0 Å². The smallest absolute Gasteiger partial charge is 0.0956 e. The van der Waals surface area contributed by atoms with Crippen LogP contribution in [0.5, 0.6) is 0 Å². The molecule has 3 heteroatoms. The molecular formula is C11H17N3. The van der Waals surface area contributed by atoms with Gasteiger partial charge in [0.2, 0.25) is 0 Å². The van der Waals surface area contributed by atoms with E-state index in [1.54, 1.807) is 6.33 Å². The number of nitrogens with zero attached hydrogens (tertiary/aromatic N) is 2. The van der Waals surface area contributed by atoms with Crippen molar-refractivity contribution in [2.24, 2.45) is 5.73 Å². The first kappa shape index (κ1) is 10.8. The summed E-state index contributed by atoms with van der Waals surface area (Å²) < 4.78 is 2.03. The van der Waals surface area contributed by atoms with Gasteiger partial charge in [-0.25, -0.2) is 4.98 Å². The van der Waals surface area contributed by atoms with Crippen molar-refractivity contribution in [3.8, 4) is 11.8 Å². The number of imidazole rings is 1. The van der Waals surface area contributed by atoms with Crippen molar-refractivity contribution in [2.75, 3.05) is 0 Å². The van der Waals surface area contributed by atoms with Gasteiger partial charge < -0.3 is 10.3 Å². The first-order chi connectivity index (χ1) is 6.53. The van der Waals surface area contributed by atoms with E-state index in [4.69, 9.17) is 5.73 Å². The molecule has 0 bridgehead atoms. The summed E-state index contributed by atoms with van der Waals surface area (Å²) in [6, 6.07) is 0. The van der Waals surface area contributed by atoms with E-state index in [0.29, 0.717) is 6.54 Å². The Labute approximate surface area is 85.3 Å². The van der Waals surface area contributed by atoms with Crippen molar-refractivity contribution in [1.82, 2.24) is 9.55 Å². The standard InChI is InChI=1S/C11H17N3/c1-4-5-6-14-9-13-8-10(14)7-11(2,3)12/h8-9H,6-7,12H2,1-3H3. The highest BCUT2D eigenvalue weighted by Gasteiger charge is 2.14. The molecule has 0 aliphatic rings. The zero-order valence-electron chi connectivity index (χ0n) is 9.04. The lowest BCUT2D eigenvalue weighted by molar-refractivity contribution is 0.499. The van der Waals surface area contributed by atoms with Crippen molar-refractivity contribution in [1.29, 1.82) is 0 Å². The zero-order valence-corrected chi connectivity index (χ0v) is 9.04. The van der Waals surface area contributed by atoms with E-state index in [1.165, 1.54) is 0 Å². The first-order valence-electron chi connectivity index (χ1n) is 4.70. The number of aromatic nitrogens is 2. The lowest BCUT2D eigenvalue weighted by atomic mass is 10.0. The lowest BCUT2D eigenvalue weighted by Crippen LogP contribution is -2.35. The van der Waals surface area contributed by atoms with Gasteiger partial charge in [-0.1, -0.05) is 5.92 Å². The number of hydrogen-bond acceptors (Lipinski definition) is 2. The highest BCUT2D eigenvalue weighted by atomic mass is 15.0. The van der Waals surface area contributed by atoms with Gasteiger partial charge in [0.05, 0.1) is 12.9 Å². The van der Waals surface area contributed by atoms with Crippen LogP contribution in [0.25, 0.3) is 0 Å². The quantitative estimate of drug-likeness (QED) is 0.729. The minimum Gasteiger partial charge on any atom is -0.325 e. The monoisotopic (exact) mass is 191 g/mol. The molecular weight excluding hydrogens is 174 g/mol. The molecule has 0 saturated heterocycles. The summed E-state index contributed by atoms with van der Waals surface area (Å²) in [7, 11) is 0. The summed E-state index contributed by atoms with van der Waals surface area (Å²) >= 11 is 0. The molecule has 0 spiro atoms. The molecule has 1 aromatic heterocycles. The van der Waals surface area contributed by atoms with Crippen molar-refractivity contribution in [3.63, 3.8) is 0 Å². The van der Waals surface area contributed by atoms with Gasteiger partial charge >= 0.3 is 0 Å². The maximum Gasteiger partial charge on any atom is 0.0956 e. The van der Waals surface area contributed by atoms with E-state index in [9.17, 15) is 0 Å². The lowest BCUT2D eigenvalue weighted by Gasteiger charge is -2.18. The average molecular weight is 191 g/mol. The van der Waals surface area contributed by atoms with Crippen LogP contribution < -0.4 is 5.73 Å². The molecule has 1 aromatic rings. The maximum absolute atomic E-state index is 5.95. The Morgan fingerprint density at radius 1 is 1.57 bits per heavy atom. The second kappa shape index (κ2) is 4.30. The van der Waals surface area contributed by atoms with Gasteiger partial charge in [0.1, 0.15) is 0 Å². The molecule has 0 aliphatic heterocycles. The van der Waals surface area contributed by atoms with E-state index < -0.39 is 0 Å². The zero-order chi connectivity index (χ0) is 10.6. The molecule has 2 N–H and O–H groups in total. The third-order valence-electron chi connectivity index (χ3n) is 1.86. The average Bonchev–Trinajstić information content (AvgIpc) is 2.45. The fourth-order valence-electron chi connectivity index (χ4n) is 1.27. The molecule has 76 valence electrons. The largest absolute Gasteiger partial charge is 0.325 e. The summed E-state index contributed by atoms with van der Waals surface area (Å²) in [5.74, 6) is 5.88. The molecule has 0 aromatic carbocycles. The Bertz CT molecular complexity index is 347. The van der Waals surface area contributed by atoms with Gasteiger partial charge in [0.15, 0.2) is 0 Å². The number of rotatable bonds is 3. The fourth-order valence-corrected chi connectivity index (χ4v) is 1.27. The van der Waals surface area contributed by atoms with Crippen LogP contribution in [-0.2, 0) is 13.0 Å². The number of hydrogen-bond donors (Lipinski definition) is 1. The van der Waals surface area contributed by atoms with Gasteiger partial charge in [-0.15, -0.1) is 5.92 Å². The predicted molar refractivity (Wildman–Crippen MR) is 57.6 cm³/mol. The summed E-state index contributed by atoms with van der Waals surface area (Å²) in [5.41, 5.74) is 6.89. The Kier molecular flexibility index (Phi) is 3.32. The Morgan fingerprint density at radius 3 is 2.86 bits per heavy atom. The topological polar surface area (TPSA) is 43.8 Å². The van der Waals surface area contributed by atoms with Crippen LogP contribution in [-0.4, -0.2) is 15.1 Å². The molecule has 0 amide bonds. The van der Waals surface area contributed by atoms with E-state index in [-0.39, 0.29) is 5.54 Å². The Balaban J connectivity index is 2.75. The van der Waals surface area contributed by atoms with Crippen LogP contribution in [0.1, 0.15) is 26.5 Å². The Hall–Kier alpha value is -1.27. The van der Waals surface area contributed by atoms with Crippen molar-refractivity contribution >= 4 is 0 Å². The van der Waals surface area contributed by atoms with Gasteiger partial charge in [-0.05, 0) is 20.8 Å². The molecule has 0 fully saturated rings. The highest BCUT2D eigenvalue weighted by molar-refractivity contribution is 5.07. The predicted octanol–water partition coefficient (Wildman–Crippen LogP) is 1.19. The van der Waals surface area contributed by atoms with Crippen LogP contribution in [0.4, 0.5) is 0 Å². The Morgan fingerprint density at radius 2 is 2.29 bits per heavy atom. The number of nitrogens with two attached hydrogens (primary N) is 1. The molecule has 0 radical (unpaired) electrons. The minimum atomic E-state index is -0.197. The van der Waals surface area contributed by atoms with Crippen LogP contribution in [0.2, 0.25) is 0 Å². The molecule has 14 heavy (non-hydrogen) atoms. The fraction of sp³-hybridized carbons (Fsp3) is 0.545. The van der Waals surface area contributed by atoms with Crippen molar-refractivity contribution in [3.05, 3.63) is 18.2 Å². The molecule has 3 nitrogen and oxygen atoms in total. The third-order valence-corrected chi connectivity index (χ3v) is 1.86. The molecule has 0 atom stereocenters. The summed E-state index contributed by atoms with van der Waals surface area (Å²) in [4.78, 5) is 4.10. The third kappa shape index (κ3) is 3.23. The molecule has 1 heterocycles. The summed E-state index contributed by atoms with van der Waals surface area (Å²) in [6.07, 6.45) is 4.47. The second-order valence-electron chi connectivity index (χ2n) is 4.11. The minimum absolute atomic E-state index is 0.197. The van der Waals surface area contributed by atoms with Crippen LogP contribution in [0.3, 0.4) is 0 Å². The second-order valence-corrected chi connectivity index (χ2v) is 4.11. The van der Waals surface area contributed by atoms with Gasteiger partial charge in [0.25, 0.3) is 0 Å². The maximum atomic E-state index is 5.95. The summed E-state index contributed by atoms with van der Waals surface area (Å²) in [5, 5.41) is 0. The SMILES string of the molecule is CC#CCn1cncc1CC(C)(C)N. The van der Waals surface area contributed by atoms with Crippen LogP contribution >= 0.6 is 0 Å². The first-order valence-corrected chi connectivity index (χ1v) is 4.70. The molecule has 0 saturated carbocycles. The van der Waals surface area contributed by atoms with E-state index in [2.05, 4.69) is 16.8 Å². The van der Waals surface area contributed by atoms with E-state index in [1.807, 2.05) is 31.5 Å².